The number of nitrogens with one attached hydrogen (secondary N) is 1. The third-order valence-electron chi connectivity index (χ3n) is 2.28. The summed E-state index contributed by atoms with van der Waals surface area (Å²) < 4.78 is 19.3. The zero-order valence-corrected chi connectivity index (χ0v) is 11.9. The van der Waals surface area contributed by atoms with Crippen molar-refractivity contribution in [2.75, 3.05) is 6.54 Å². The molecule has 0 bridgehead atoms. The maximum absolute atomic E-state index is 13.2. The van der Waals surface area contributed by atoms with E-state index in [1.165, 1.54) is 18.3 Å². The normalized spacial score (nSPS) is 10.5. The van der Waals surface area contributed by atoms with Gasteiger partial charge < -0.3 is 10.1 Å². The molecule has 0 spiro atoms. The zero-order chi connectivity index (χ0) is 13.7. The highest BCUT2D eigenvalue weighted by molar-refractivity contribution is 9.10. The molecule has 0 amide bonds. The molecule has 6 heteroatoms. The fourth-order valence-corrected chi connectivity index (χ4v) is 1.93. The average Bonchev–Trinajstić information content (AvgIpc) is 2.35. The lowest BCUT2D eigenvalue weighted by atomic mass is 10.3. The maximum atomic E-state index is 13.2. The van der Waals surface area contributed by atoms with Gasteiger partial charge in [0, 0.05) is 23.3 Å². The molecule has 0 aliphatic rings. The molecule has 0 aliphatic carbocycles. The average molecular weight is 326 g/mol. The summed E-state index contributed by atoms with van der Waals surface area (Å²) in [5.74, 6) is 0.343. The zero-order valence-electron chi connectivity index (χ0n) is 10.4. The van der Waals surface area contributed by atoms with Crippen molar-refractivity contribution in [2.45, 2.75) is 13.5 Å². The van der Waals surface area contributed by atoms with Crippen LogP contribution in [0.4, 0.5) is 4.39 Å². The Morgan fingerprint density at radius 1 is 1.32 bits per heavy atom. The molecule has 0 aliphatic heterocycles. The van der Waals surface area contributed by atoms with Crippen LogP contribution in [0.1, 0.15) is 12.6 Å². The first-order valence-electron chi connectivity index (χ1n) is 5.83. The summed E-state index contributed by atoms with van der Waals surface area (Å²) in [6, 6.07) is 4.32. The Bertz CT molecular complexity index is 545. The Kier molecular flexibility index (Phi) is 4.81. The number of nitrogens with zero attached hydrogens (tertiary/aromatic N) is 2. The summed E-state index contributed by atoms with van der Waals surface area (Å²) in [5.41, 5.74) is 0.773. The highest BCUT2D eigenvalue weighted by atomic mass is 79.9. The molecule has 1 heterocycles. The van der Waals surface area contributed by atoms with Gasteiger partial charge in [0.25, 0.3) is 0 Å². The van der Waals surface area contributed by atoms with E-state index in [2.05, 4.69) is 31.2 Å². The predicted molar refractivity (Wildman–Crippen MR) is 73.6 cm³/mol. The van der Waals surface area contributed by atoms with Crippen molar-refractivity contribution in [3.05, 3.63) is 46.6 Å². The van der Waals surface area contributed by atoms with E-state index in [4.69, 9.17) is 4.74 Å². The number of rotatable bonds is 5. The molecule has 4 nitrogen and oxygen atoms in total. The molecule has 1 aromatic carbocycles. The van der Waals surface area contributed by atoms with Gasteiger partial charge in [-0.2, -0.15) is 0 Å². The summed E-state index contributed by atoms with van der Waals surface area (Å²) in [4.78, 5) is 8.33. The summed E-state index contributed by atoms with van der Waals surface area (Å²) in [6.45, 7) is 3.48. The Hall–Kier alpha value is -1.53. The maximum Gasteiger partial charge on any atom is 0.238 e. The fourth-order valence-electron chi connectivity index (χ4n) is 1.48. The van der Waals surface area contributed by atoms with Gasteiger partial charge >= 0.3 is 0 Å². The largest absolute Gasteiger partial charge is 0.437 e. The third kappa shape index (κ3) is 4.25. The van der Waals surface area contributed by atoms with Crippen LogP contribution in [0.2, 0.25) is 0 Å². The highest BCUT2D eigenvalue weighted by Gasteiger charge is 2.04. The lowest BCUT2D eigenvalue weighted by Crippen LogP contribution is -2.13. The van der Waals surface area contributed by atoms with Crippen molar-refractivity contribution in [2.24, 2.45) is 0 Å². The first-order valence-corrected chi connectivity index (χ1v) is 6.62. The van der Waals surface area contributed by atoms with E-state index >= 15 is 0 Å². The van der Waals surface area contributed by atoms with Crippen LogP contribution < -0.4 is 10.1 Å². The molecule has 19 heavy (non-hydrogen) atoms. The molecular weight excluding hydrogens is 313 g/mol. The summed E-state index contributed by atoms with van der Waals surface area (Å²) in [7, 11) is 0. The Morgan fingerprint density at radius 3 is 2.89 bits per heavy atom. The molecule has 0 radical (unpaired) electrons. The number of halogens is 2. The molecule has 2 aromatic rings. The molecular formula is C13H13BrFN3O. The van der Waals surface area contributed by atoms with Crippen molar-refractivity contribution >= 4 is 15.9 Å². The number of ether oxygens (including phenoxy) is 1. The Balaban J connectivity index is 2.13. The van der Waals surface area contributed by atoms with Crippen LogP contribution in [-0.2, 0) is 6.54 Å². The van der Waals surface area contributed by atoms with E-state index in [9.17, 15) is 4.39 Å². The highest BCUT2D eigenvalue weighted by Crippen LogP contribution is 2.24. The monoisotopic (exact) mass is 325 g/mol. The second kappa shape index (κ2) is 6.58. The lowest BCUT2D eigenvalue weighted by molar-refractivity contribution is 0.451. The van der Waals surface area contributed by atoms with Crippen LogP contribution >= 0.6 is 15.9 Å². The molecule has 0 unspecified atom stereocenters. The second-order valence-electron chi connectivity index (χ2n) is 3.84. The van der Waals surface area contributed by atoms with Gasteiger partial charge in [-0.15, -0.1) is 0 Å². The molecule has 0 saturated carbocycles. The minimum Gasteiger partial charge on any atom is -0.437 e. The van der Waals surface area contributed by atoms with Gasteiger partial charge in [0.05, 0.1) is 11.9 Å². The quantitative estimate of drug-likeness (QED) is 0.916. The minimum atomic E-state index is -0.374. The SMILES string of the molecule is CCNCc1cncc(Oc2cc(F)cc(Br)c2)n1. The van der Waals surface area contributed by atoms with Gasteiger partial charge in [-0.3, -0.25) is 4.98 Å². The molecule has 0 atom stereocenters. The molecule has 1 aromatic heterocycles. The van der Waals surface area contributed by atoms with Crippen molar-refractivity contribution in [1.82, 2.24) is 15.3 Å². The summed E-state index contributed by atoms with van der Waals surface area (Å²) in [5, 5.41) is 3.15. The predicted octanol–water partition coefficient (Wildman–Crippen LogP) is 3.28. The van der Waals surface area contributed by atoms with Crippen LogP contribution in [0.15, 0.2) is 35.1 Å². The van der Waals surface area contributed by atoms with E-state index in [1.807, 2.05) is 6.92 Å². The van der Waals surface area contributed by atoms with Crippen molar-refractivity contribution in [3.63, 3.8) is 0 Å². The first-order chi connectivity index (χ1) is 9.17. The second-order valence-corrected chi connectivity index (χ2v) is 4.75. The van der Waals surface area contributed by atoms with E-state index in [0.29, 0.717) is 22.6 Å². The number of aromatic nitrogens is 2. The van der Waals surface area contributed by atoms with E-state index in [0.717, 1.165) is 12.2 Å². The standard InChI is InChI=1S/C13H13BrFN3O/c1-2-16-6-11-7-17-8-13(18-11)19-12-4-9(14)3-10(15)5-12/h3-5,7-8,16H,2,6H2,1H3. The van der Waals surface area contributed by atoms with Crippen LogP contribution in [0.25, 0.3) is 0 Å². The molecule has 100 valence electrons. The number of hydrogen-bond acceptors (Lipinski definition) is 4. The third-order valence-corrected chi connectivity index (χ3v) is 2.73. The van der Waals surface area contributed by atoms with E-state index in [1.54, 1.807) is 12.3 Å². The molecule has 0 fully saturated rings. The molecule has 1 N–H and O–H groups in total. The van der Waals surface area contributed by atoms with Gasteiger partial charge in [-0.25, -0.2) is 9.37 Å². The van der Waals surface area contributed by atoms with Gasteiger partial charge in [0.1, 0.15) is 11.6 Å². The van der Waals surface area contributed by atoms with Crippen LogP contribution in [-0.4, -0.2) is 16.5 Å². The smallest absolute Gasteiger partial charge is 0.238 e. The minimum absolute atomic E-state index is 0.341. The van der Waals surface area contributed by atoms with Crippen molar-refractivity contribution in [3.8, 4) is 11.6 Å². The molecule has 0 saturated heterocycles. The van der Waals surface area contributed by atoms with Gasteiger partial charge in [-0.05, 0) is 18.7 Å². The number of hydrogen-bond donors (Lipinski definition) is 1. The lowest BCUT2D eigenvalue weighted by Gasteiger charge is -2.07. The summed E-state index contributed by atoms with van der Waals surface area (Å²) in [6.07, 6.45) is 3.16. The van der Waals surface area contributed by atoms with Crippen LogP contribution in [0.5, 0.6) is 11.6 Å². The van der Waals surface area contributed by atoms with E-state index < -0.39 is 0 Å². The Labute approximate surface area is 119 Å². The van der Waals surface area contributed by atoms with Gasteiger partial charge in [-0.1, -0.05) is 22.9 Å². The van der Waals surface area contributed by atoms with Crippen molar-refractivity contribution in [1.29, 1.82) is 0 Å². The van der Waals surface area contributed by atoms with Crippen LogP contribution in [0.3, 0.4) is 0 Å². The van der Waals surface area contributed by atoms with E-state index in [-0.39, 0.29) is 5.82 Å². The summed E-state index contributed by atoms with van der Waals surface area (Å²) >= 11 is 3.21. The fraction of sp³-hybridized carbons (Fsp3) is 0.231. The Morgan fingerprint density at radius 2 is 2.16 bits per heavy atom. The van der Waals surface area contributed by atoms with Crippen LogP contribution in [0, 0.1) is 5.82 Å². The van der Waals surface area contributed by atoms with Gasteiger partial charge in [0.2, 0.25) is 5.88 Å². The van der Waals surface area contributed by atoms with Gasteiger partial charge in [0.15, 0.2) is 0 Å². The number of benzene rings is 1. The molecule has 2 rings (SSSR count). The first kappa shape index (κ1) is 13.9. The van der Waals surface area contributed by atoms with Crippen molar-refractivity contribution < 1.29 is 9.13 Å². The topological polar surface area (TPSA) is 47.0 Å².